The van der Waals surface area contributed by atoms with Gasteiger partial charge in [0.15, 0.2) is 6.61 Å². The molecule has 0 radical (unpaired) electrons. The van der Waals surface area contributed by atoms with Crippen molar-refractivity contribution in [2.75, 3.05) is 17.2 Å². The van der Waals surface area contributed by atoms with Crippen LogP contribution < -0.4 is 20.8 Å². The van der Waals surface area contributed by atoms with Gasteiger partial charge < -0.3 is 15.4 Å². The van der Waals surface area contributed by atoms with Gasteiger partial charge in [0.25, 0.3) is 5.91 Å². The van der Waals surface area contributed by atoms with Crippen molar-refractivity contribution in [2.24, 2.45) is 5.10 Å². The number of carbonyl (C=O) groups is 3. The van der Waals surface area contributed by atoms with Crippen molar-refractivity contribution in [3.63, 3.8) is 0 Å². The Hall–Kier alpha value is -3.98. The summed E-state index contributed by atoms with van der Waals surface area (Å²) in [5.74, 6) is -1.68. The van der Waals surface area contributed by atoms with Crippen molar-refractivity contribution in [1.82, 2.24) is 5.43 Å². The highest BCUT2D eigenvalue weighted by atomic mass is 79.9. The molecule has 3 aromatic carbocycles. The summed E-state index contributed by atoms with van der Waals surface area (Å²) in [6.45, 7) is 7.31. The molecule has 0 saturated carbocycles. The quantitative estimate of drug-likeness (QED) is 0.223. The number of halogens is 1. The molecule has 0 heterocycles. The van der Waals surface area contributed by atoms with Crippen LogP contribution in [-0.2, 0) is 14.4 Å². The van der Waals surface area contributed by atoms with Crippen LogP contribution in [-0.4, -0.2) is 30.5 Å². The van der Waals surface area contributed by atoms with Gasteiger partial charge in [-0.05, 0) is 68.1 Å². The van der Waals surface area contributed by atoms with Gasteiger partial charge in [-0.15, -0.1) is 0 Å². The highest BCUT2D eigenvalue weighted by Gasteiger charge is 2.15. The maximum absolute atomic E-state index is 12.5. The monoisotopic (exact) mass is 550 g/mol. The van der Waals surface area contributed by atoms with Crippen molar-refractivity contribution in [1.29, 1.82) is 0 Å². The third kappa shape index (κ3) is 7.02. The molecule has 0 bridgehead atoms. The molecule has 3 amide bonds. The summed E-state index contributed by atoms with van der Waals surface area (Å²) < 4.78 is 6.45. The molecule has 0 saturated heterocycles. The number of carbonyl (C=O) groups excluding carboxylic acids is 3. The number of nitrogens with zero attached hydrogens (tertiary/aromatic N) is 1. The lowest BCUT2D eigenvalue weighted by molar-refractivity contribution is -0.136. The maximum atomic E-state index is 12.5. The van der Waals surface area contributed by atoms with Crippen LogP contribution in [0.4, 0.5) is 11.4 Å². The molecule has 0 unspecified atom stereocenters. The summed E-state index contributed by atoms with van der Waals surface area (Å²) in [6, 6.07) is 16.5. The molecule has 3 N–H and O–H groups in total. The summed E-state index contributed by atoms with van der Waals surface area (Å²) >= 11 is 3.38. The summed E-state index contributed by atoms with van der Waals surface area (Å²) in [5, 5.41) is 9.36. The van der Waals surface area contributed by atoms with Gasteiger partial charge in [-0.2, -0.15) is 5.10 Å². The smallest absolute Gasteiger partial charge is 0.329 e. The van der Waals surface area contributed by atoms with Crippen molar-refractivity contribution in [3.8, 4) is 5.75 Å². The van der Waals surface area contributed by atoms with Crippen molar-refractivity contribution >= 4 is 51.2 Å². The number of benzene rings is 3. The van der Waals surface area contributed by atoms with Crippen LogP contribution in [0.15, 0.2) is 64.2 Å². The maximum Gasteiger partial charge on any atom is 0.329 e. The molecule has 0 spiro atoms. The van der Waals surface area contributed by atoms with E-state index < -0.39 is 11.8 Å². The third-order valence-electron chi connectivity index (χ3n) is 5.37. The number of hydrogen-bond acceptors (Lipinski definition) is 5. The van der Waals surface area contributed by atoms with Gasteiger partial charge in [-0.3, -0.25) is 14.4 Å². The van der Waals surface area contributed by atoms with Crippen molar-refractivity contribution in [2.45, 2.75) is 27.7 Å². The molecule has 0 aliphatic heterocycles. The van der Waals surface area contributed by atoms with E-state index in [0.29, 0.717) is 17.0 Å². The average Bonchev–Trinajstić information content (AvgIpc) is 2.83. The number of amides is 3. The van der Waals surface area contributed by atoms with Gasteiger partial charge in [0, 0.05) is 21.4 Å². The van der Waals surface area contributed by atoms with Crippen LogP contribution in [0.2, 0.25) is 0 Å². The van der Waals surface area contributed by atoms with Crippen molar-refractivity contribution in [3.05, 3.63) is 86.9 Å². The molecule has 0 atom stereocenters. The number of hydrogen-bond donors (Lipinski definition) is 3. The Bertz CT molecular complexity index is 1300. The fourth-order valence-corrected chi connectivity index (χ4v) is 3.85. The molecule has 186 valence electrons. The highest BCUT2D eigenvalue weighted by Crippen LogP contribution is 2.23. The predicted octanol–water partition coefficient (Wildman–Crippen LogP) is 4.79. The summed E-state index contributed by atoms with van der Waals surface area (Å²) in [7, 11) is 0. The number of aryl methyl sites for hydroxylation is 4. The first kappa shape index (κ1) is 26.6. The van der Waals surface area contributed by atoms with Crippen LogP contribution in [0.25, 0.3) is 0 Å². The first-order chi connectivity index (χ1) is 17.2. The summed E-state index contributed by atoms with van der Waals surface area (Å²) in [6.07, 6.45) is 1.34. The SMILES string of the molecule is Cc1cccc(C)c1NC(=O)COc1ccc(Br)cc1/C=N\NC(=O)C(=O)Nc1c(C)cccc1C. The zero-order valence-electron chi connectivity index (χ0n) is 20.4. The van der Waals surface area contributed by atoms with Crippen molar-refractivity contribution < 1.29 is 19.1 Å². The Labute approximate surface area is 218 Å². The van der Waals surface area contributed by atoms with Gasteiger partial charge in [-0.1, -0.05) is 52.3 Å². The molecule has 36 heavy (non-hydrogen) atoms. The Balaban J connectivity index is 1.62. The molecule has 8 nitrogen and oxygen atoms in total. The fraction of sp³-hybridized carbons (Fsp3) is 0.185. The zero-order valence-corrected chi connectivity index (χ0v) is 22.0. The lowest BCUT2D eigenvalue weighted by Crippen LogP contribution is -2.32. The molecule has 3 aromatic rings. The first-order valence-electron chi connectivity index (χ1n) is 11.1. The van der Waals surface area contributed by atoms with Crippen LogP contribution >= 0.6 is 15.9 Å². The van der Waals surface area contributed by atoms with E-state index in [9.17, 15) is 14.4 Å². The number of hydrazone groups is 1. The van der Waals surface area contributed by atoms with E-state index in [1.807, 2.05) is 64.1 Å². The standard InChI is InChI=1S/C27H27BrN4O4/c1-16-7-5-8-17(2)24(16)30-23(33)15-36-22-12-11-21(28)13-20(22)14-29-32-27(35)26(34)31-25-18(3)9-6-10-19(25)4/h5-14H,15H2,1-4H3,(H,30,33)(H,31,34)(H,32,35)/b29-14-. The third-order valence-corrected chi connectivity index (χ3v) is 5.87. The van der Waals surface area contributed by atoms with E-state index in [4.69, 9.17) is 4.74 Å². The van der Waals surface area contributed by atoms with Gasteiger partial charge in [-0.25, -0.2) is 5.43 Å². The lowest BCUT2D eigenvalue weighted by Gasteiger charge is -2.13. The minimum atomic E-state index is -0.917. The minimum Gasteiger partial charge on any atom is -0.483 e. The molecule has 0 aliphatic carbocycles. The number of rotatable bonds is 7. The zero-order chi connectivity index (χ0) is 26.2. The van der Waals surface area contributed by atoms with Gasteiger partial charge in [0.05, 0.1) is 6.21 Å². The van der Waals surface area contributed by atoms with E-state index in [-0.39, 0.29) is 12.5 Å². The number of ether oxygens (including phenoxy) is 1. The number of para-hydroxylation sites is 2. The first-order valence-corrected chi connectivity index (χ1v) is 11.9. The van der Waals surface area contributed by atoms with Crippen LogP contribution in [0.1, 0.15) is 27.8 Å². The molecular weight excluding hydrogens is 524 g/mol. The summed E-state index contributed by atoms with van der Waals surface area (Å²) in [5.41, 5.74) is 7.66. The Morgan fingerprint density at radius 1 is 0.833 bits per heavy atom. The van der Waals surface area contributed by atoms with E-state index >= 15 is 0 Å². The Morgan fingerprint density at radius 2 is 1.39 bits per heavy atom. The van der Waals surface area contributed by atoms with Crippen LogP contribution in [0.5, 0.6) is 5.75 Å². The fourth-order valence-electron chi connectivity index (χ4n) is 3.48. The number of anilines is 2. The second-order valence-corrected chi connectivity index (χ2v) is 9.12. The van der Waals surface area contributed by atoms with E-state index in [1.54, 1.807) is 18.2 Å². The molecule has 0 fully saturated rings. The molecule has 0 aliphatic rings. The van der Waals surface area contributed by atoms with E-state index in [2.05, 4.69) is 37.1 Å². The topological polar surface area (TPSA) is 109 Å². The van der Waals surface area contributed by atoms with Crippen LogP contribution in [0, 0.1) is 27.7 Å². The van der Waals surface area contributed by atoms with Gasteiger partial charge in [0.1, 0.15) is 5.75 Å². The highest BCUT2D eigenvalue weighted by molar-refractivity contribution is 9.10. The van der Waals surface area contributed by atoms with Gasteiger partial charge >= 0.3 is 11.8 Å². The summed E-state index contributed by atoms with van der Waals surface area (Å²) in [4.78, 5) is 37.0. The average molecular weight is 551 g/mol. The lowest BCUT2D eigenvalue weighted by atomic mass is 10.1. The second-order valence-electron chi connectivity index (χ2n) is 8.21. The second kappa shape index (κ2) is 12.1. The molecule has 3 rings (SSSR count). The Kier molecular flexibility index (Phi) is 8.97. The minimum absolute atomic E-state index is 0.221. The molecule has 9 heteroatoms. The Morgan fingerprint density at radius 3 is 1.97 bits per heavy atom. The van der Waals surface area contributed by atoms with Crippen LogP contribution in [0.3, 0.4) is 0 Å². The predicted molar refractivity (Wildman–Crippen MR) is 144 cm³/mol. The largest absolute Gasteiger partial charge is 0.483 e. The normalized spacial score (nSPS) is 10.7. The van der Waals surface area contributed by atoms with Gasteiger partial charge in [0.2, 0.25) is 0 Å². The van der Waals surface area contributed by atoms with E-state index in [0.717, 1.165) is 32.4 Å². The number of nitrogens with one attached hydrogen (secondary N) is 3. The molecular formula is C27H27BrN4O4. The molecule has 0 aromatic heterocycles. The van der Waals surface area contributed by atoms with E-state index in [1.165, 1.54) is 6.21 Å².